The van der Waals surface area contributed by atoms with E-state index >= 15 is 0 Å². The molecule has 0 aromatic carbocycles. The van der Waals surface area contributed by atoms with E-state index in [1.54, 1.807) is 12.3 Å². The molecule has 4 atom stereocenters. The number of pyridine rings is 1. The number of halogens is 1. The number of ether oxygens (including phenoxy) is 1. The van der Waals surface area contributed by atoms with Gasteiger partial charge in [-0.1, -0.05) is 20.8 Å². The summed E-state index contributed by atoms with van der Waals surface area (Å²) in [4.78, 5) is 19.6. The first-order chi connectivity index (χ1) is 13.2. The van der Waals surface area contributed by atoms with Gasteiger partial charge in [0.05, 0.1) is 12.6 Å². The summed E-state index contributed by atoms with van der Waals surface area (Å²) in [6.45, 7) is 12.8. The number of hydrogen-bond acceptors (Lipinski definition) is 5. The van der Waals surface area contributed by atoms with Crippen LogP contribution in [-0.2, 0) is 4.43 Å². The van der Waals surface area contributed by atoms with Gasteiger partial charge in [-0.2, -0.15) is 0 Å². The van der Waals surface area contributed by atoms with E-state index in [1.807, 2.05) is 11.9 Å². The van der Waals surface area contributed by atoms with Gasteiger partial charge < -0.3 is 19.4 Å². The van der Waals surface area contributed by atoms with Crippen molar-refractivity contribution in [1.29, 1.82) is 0 Å². The second kappa shape index (κ2) is 10.7. The number of likely N-dealkylation sites (N-methyl/N-ethyl adjacent to an activating group) is 1. The van der Waals surface area contributed by atoms with Crippen LogP contribution in [0.2, 0.25) is 12.6 Å². The summed E-state index contributed by atoms with van der Waals surface area (Å²) in [6, 6.07) is 2.94. The van der Waals surface area contributed by atoms with Gasteiger partial charge in [-0.25, -0.2) is 4.98 Å². The highest BCUT2D eigenvalue weighted by Gasteiger charge is 2.33. The molecule has 1 amide bonds. The number of carbonyl (C=O) groups excluding carboxylic acids is 1. The van der Waals surface area contributed by atoms with Crippen molar-refractivity contribution in [3.63, 3.8) is 0 Å². The average Bonchev–Trinajstić information content (AvgIpc) is 2.63. The fraction of sp³-hybridized carbons (Fsp3) is 0.700. The molecule has 6 nitrogen and oxygen atoms in total. The third-order valence-corrected chi connectivity index (χ3v) is 7.86. The molecule has 28 heavy (non-hydrogen) atoms. The quantitative estimate of drug-likeness (QED) is 0.589. The van der Waals surface area contributed by atoms with Crippen molar-refractivity contribution in [2.45, 2.75) is 52.4 Å². The van der Waals surface area contributed by atoms with Crippen LogP contribution in [0.1, 0.15) is 38.1 Å². The van der Waals surface area contributed by atoms with Gasteiger partial charge in [0.25, 0.3) is 5.91 Å². The normalized spacial score (nSPS) is 22.3. The molecule has 0 bridgehead atoms. The topological polar surface area (TPSA) is 63.7 Å². The van der Waals surface area contributed by atoms with Crippen LogP contribution in [-0.4, -0.2) is 63.7 Å². The first kappa shape index (κ1) is 23.3. The second-order valence-corrected chi connectivity index (χ2v) is 11.6. The molecule has 2 rings (SSSR count). The molecule has 1 aromatic heterocycles. The van der Waals surface area contributed by atoms with Gasteiger partial charge in [-0.15, -0.1) is 0 Å². The van der Waals surface area contributed by atoms with Crippen LogP contribution in [0.3, 0.4) is 0 Å². The Morgan fingerprint density at radius 1 is 1.46 bits per heavy atom. The van der Waals surface area contributed by atoms with Crippen molar-refractivity contribution < 1.29 is 14.0 Å². The number of rotatable bonds is 8. The highest BCUT2D eigenvalue weighted by atomic mass is 79.9. The van der Waals surface area contributed by atoms with Crippen LogP contribution in [0.15, 0.2) is 16.7 Å². The molecule has 3 unspecified atom stereocenters. The molecule has 1 aromatic rings. The largest absolute Gasteiger partial charge is 0.472 e. The third-order valence-electron chi connectivity index (χ3n) is 5.05. The van der Waals surface area contributed by atoms with Crippen molar-refractivity contribution in [3.05, 3.63) is 22.3 Å². The first-order valence-corrected chi connectivity index (χ1v) is 13.4. The Bertz CT molecular complexity index is 662. The lowest BCUT2D eigenvalue weighted by Crippen LogP contribution is -2.50. The molecule has 158 valence electrons. The summed E-state index contributed by atoms with van der Waals surface area (Å²) in [5, 5.41) is 3.19. The minimum Gasteiger partial charge on any atom is -0.472 e. The predicted octanol–water partition coefficient (Wildman–Crippen LogP) is 3.32. The van der Waals surface area contributed by atoms with Gasteiger partial charge in [-0.05, 0) is 54.5 Å². The van der Waals surface area contributed by atoms with E-state index < -0.39 is 9.04 Å². The van der Waals surface area contributed by atoms with Gasteiger partial charge in [-0.3, -0.25) is 4.79 Å². The van der Waals surface area contributed by atoms with Crippen molar-refractivity contribution in [2.24, 2.45) is 11.8 Å². The zero-order chi connectivity index (χ0) is 20.8. The average molecular weight is 473 g/mol. The zero-order valence-corrected chi connectivity index (χ0v) is 20.6. The molecule has 0 radical (unpaired) electrons. The summed E-state index contributed by atoms with van der Waals surface area (Å²) in [6.07, 6.45) is 1.61. The maximum Gasteiger partial charge on any atom is 0.259 e. The Morgan fingerprint density at radius 3 is 2.82 bits per heavy atom. The van der Waals surface area contributed by atoms with E-state index in [0.29, 0.717) is 37.1 Å². The smallest absolute Gasteiger partial charge is 0.259 e. The van der Waals surface area contributed by atoms with Crippen LogP contribution in [0, 0.1) is 11.8 Å². The summed E-state index contributed by atoms with van der Waals surface area (Å²) < 4.78 is 13.1. The summed E-state index contributed by atoms with van der Waals surface area (Å²) in [5.74, 6) is 1.17. The monoisotopic (exact) mass is 471 g/mol. The van der Waals surface area contributed by atoms with E-state index in [9.17, 15) is 4.79 Å². The lowest BCUT2D eigenvalue weighted by Gasteiger charge is -2.37. The summed E-state index contributed by atoms with van der Waals surface area (Å²) in [7, 11) is 0.689. The highest BCUT2D eigenvalue weighted by Crippen LogP contribution is 2.28. The fourth-order valence-electron chi connectivity index (χ4n) is 3.55. The van der Waals surface area contributed by atoms with E-state index in [2.05, 4.69) is 60.5 Å². The van der Waals surface area contributed by atoms with Crippen molar-refractivity contribution >= 4 is 30.9 Å². The lowest BCUT2D eigenvalue weighted by molar-refractivity contribution is 0.0419. The molecule has 0 saturated heterocycles. The van der Waals surface area contributed by atoms with E-state index in [-0.39, 0.29) is 24.0 Å². The molecule has 1 aliphatic rings. The maximum absolute atomic E-state index is 13.3. The third kappa shape index (κ3) is 6.27. The number of nitrogens with zero attached hydrogens (tertiary/aromatic N) is 2. The molecule has 0 aliphatic carbocycles. The second-order valence-electron chi connectivity index (χ2n) is 8.28. The molecular weight excluding hydrogens is 438 g/mol. The number of nitrogens with one attached hydrogen (secondary N) is 1. The predicted molar refractivity (Wildman–Crippen MR) is 119 cm³/mol. The standard InChI is InChI=1S/C20H34BrN3O3Si/c1-13(2)12-28(6)26-11-15(4)24-10-14(3)18(9-22-5)27-19-17(20(24)25)7-16(21)8-23-19/h7-8,13-15,18,22,28H,9-12H2,1-6H3/t14?,15?,18?,28-/m0/s1. The van der Waals surface area contributed by atoms with Gasteiger partial charge >= 0.3 is 0 Å². The van der Waals surface area contributed by atoms with Gasteiger partial charge in [0, 0.05) is 29.7 Å². The van der Waals surface area contributed by atoms with Crippen molar-refractivity contribution in [1.82, 2.24) is 15.2 Å². The first-order valence-electron chi connectivity index (χ1n) is 10.1. The van der Waals surface area contributed by atoms with Crippen LogP contribution >= 0.6 is 15.9 Å². The molecular formula is C20H34BrN3O3Si. The Balaban J connectivity index is 2.24. The van der Waals surface area contributed by atoms with Crippen LogP contribution in [0.4, 0.5) is 0 Å². The van der Waals surface area contributed by atoms with Gasteiger partial charge in [0.2, 0.25) is 5.88 Å². The minimum absolute atomic E-state index is 0.00257. The number of fused-ring (bicyclic) bond motifs is 1. The van der Waals surface area contributed by atoms with Crippen LogP contribution in [0.25, 0.3) is 0 Å². The molecule has 1 N–H and O–H groups in total. The van der Waals surface area contributed by atoms with Gasteiger partial charge in [0.15, 0.2) is 9.04 Å². The molecule has 8 heteroatoms. The molecule has 0 spiro atoms. The number of amides is 1. The van der Waals surface area contributed by atoms with E-state index in [1.165, 1.54) is 0 Å². The lowest BCUT2D eigenvalue weighted by atomic mass is 10.0. The van der Waals surface area contributed by atoms with Crippen molar-refractivity contribution in [3.8, 4) is 5.88 Å². The van der Waals surface area contributed by atoms with Crippen molar-refractivity contribution in [2.75, 3.05) is 26.7 Å². The Labute approximate surface area is 179 Å². The van der Waals surface area contributed by atoms with Crippen LogP contribution < -0.4 is 10.1 Å². The number of aromatic nitrogens is 1. The molecule has 0 fully saturated rings. The fourth-order valence-corrected chi connectivity index (χ4v) is 5.95. The molecule has 1 aliphatic heterocycles. The summed E-state index contributed by atoms with van der Waals surface area (Å²) >= 11 is 3.43. The Hall–Kier alpha value is -0.963. The Kier molecular flexibility index (Phi) is 8.92. The summed E-state index contributed by atoms with van der Waals surface area (Å²) in [5.41, 5.74) is 0.502. The Morgan fingerprint density at radius 2 is 2.18 bits per heavy atom. The van der Waals surface area contributed by atoms with E-state index in [0.717, 1.165) is 10.5 Å². The molecule has 2 heterocycles. The van der Waals surface area contributed by atoms with Gasteiger partial charge in [0.1, 0.15) is 11.7 Å². The highest BCUT2D eigenvalue weighted by molar-refractivity contribution is 9.10. The molecule has 0 saturated carbocycles. The van der Waals surface area contributed by atoms with E-state index in [4.69, 9.17) is 9.16 Å². The number of hydrogen-bond donors (Lipinski definition) is 1. The minimum atomic E-state index is -1.22. The zero-order valence-electron chi connectivity index (χ0n) is 17.9. The number of carbonyl (C=O) groups is 1. The SMILES string of the molecule is CNCC1Oc2ncc(Br)cc2C(=O)N(C(C)CO[Si@@H](C)CC(C)C)CC1C. The maximum atomic E-state index is 13.3. The van der Waals surface area contributed by atoms with Crippen LogP contribution in [0.5, 0.6) is 5.88 Å².